The lowest BCUT2D eigenvalue weighted by Gasteiger charge is -2.11. The van der Waals surface area contributed by atoms with Gasteiger partial charge in [-0.15, -0.1) is 0 Å². The molecule has 1 heterocycles. The highest BCUT2D eigenvalue weighted by atomic mass is 16.3. The Labute approximate surface area is 103 Å². The van der Waals surface area contributed by atoms with Crippen LogP contribution in [0.4, 0.5) is 0 Å². The van der Waals surface area contributed by atoms with Crippen molar-refractivity contribution in [2.75, 3.05) is 7.05 Å². The third-order valence-electron chi connectivity index (χ3n) is 3.29. The molecule has 92 valence electrons. The Bertz CT molecular complexity index is 487. The number of hydrogen-bond donors (Lipinski definition) is 1. The van der Waals surface area contributed by atoms with E-state index in [0.29, 0.717) is 6.04 Å². The van der Waals surface area contributed by atoms with E-state index >= 15 is 0 Å². The third kappa shape index (κ3) is 2.37. The first-order valence-corrected chi connectivity index (χ1v) is 6.48. The Hall–Kier alpha value is -1.28. The number of furan rings is 1. The molecule has 1 N–H and O–H groups in total. The molecule has 0 aliphatic heterocycles. The molecule has 2 nitrogen and oxygen atoms in total. The maximum absolute atomic E-state index is 6.03. The Morgan fingerprint density at radius 1 is 1.29 bits per heavy atom. The van der Waals surface area contributed by atoms with Gasteiger partial charge >= 0.3 is 0 Å². The van der Waals surface area contributed by atoms with E-state index in [-0.39, 0.29) is 0 Å². The van der Waals surface area contributed by atoms with E-state index in [2.05, 4.69) is 43.4 Å². The first-order valence-electron chi connectivity index (χ1n) is 6.48. The summed E-state index contributed by atoms with van der Waals surface area (Å²) in [7, 11) is 1.99. The Morgan fingerprint density at radius 3 is 2.76 bits per heavy atom. The first-order chi connectivity index (χ1) is 8.30. The third-order valence-corrected chi connectivity index (χ3v) is 3.29. The van der Waals surface area contributed by atoms with E-state index in [4.69, 9.17) is 4.42 Å². The highest BCUT2D eigenvalue weighted by Crippen LogP contribution is 2.28. The number of benzene rings is 1. The molecule has 2 aromatic rings. The summed E-state index contributed by atoms with van der Waals surface area (Å²) in [5, 5.41) is 4.54. The summed E-state index contributed by atoms with van der Waals surface area (Å²) in [6, 6.07) is 8.88. The minimum absolute atomic E-state index is 0.331. The maximum Gasteiger partial charge on any atom is 0.137 e. The zero-order valence-corrected chi connectivity index (χ0v) is 10.9. The van der Waals surface area contributed by atoms with E-state index in [1.807, 2.05) is 7.05 Å². The predicted octanol–water partition coefficient (Wildman–Crippen LogP) is 4.06. The maximum atomic E-state index is 6.03. The fourth-order valence-electron chi connectivity index (χ4n) is 2.31. The predicted molar refractivity (Wildman–Crippen MR) is 72.3 cm³/mol. The molecular weight excluding hydrogens is 210 g/mol. The zero-order chi connectivity index (χ0) is 12.3. The number of rotatable bonds is 5. The van der Waals surface area contributed by atoms with Crippen LogP contribution in [0.25, 0.3) is 11.0 Å². The molecule has 1 atom stereocenters. The number of para-hydroxylation sites is 1. The monoisotopic (exact) mass is 231 g/mol. The van der Waals surface area contributed by atoms with Crippen LogP contribution in [0.5, 0.6) is 0 Å². The Kier molecular flexibility index (Phi) is 3.85. The van der Waals surface area contributed by atoms with Gasteiger partial charge in [0.15, 0.2) is 0 Å². The summed E-state index contributed by atoms with van der Waals surface area (Å²) in [5.74, 6) is 1.06. The molecule has 0 aliphatic carbocycles. The number of nitrogens with one attached hydrogen (secondary N) is 1. The van der Waals surface area contributed by atoms with Crippen molar-refractivity contribution in [1.29, 1.82) is 0 Å². The summed E-state index contributed by atoms with van der Waals surface area (Å²) >= 11 is 0. The second kappa shape index (κ2) is 5.37. The van der Waals surface area contributed by atoms with Gasteiger partial charge in [0, 0.05) is 5.39 Å². The van der Waals surface area contributed by atoms with Crippen molar-refractivity contribution in [3.8, 4) is 0 Å². The van der Waals surface area contributed by atoms with Gasteiger partial charge in [0.25, 0.3) is 0 Å². The van der Waals surface area contributed by atoms with E-state index in [1.54, 1.807) is 0 Å². The van der Waals surface area contributed by atoms with Crippen LogP contribution in [0.1, 0.15) is 44.1 Å². The van der Waals surface area contributed by atoms with E-state index in [1.165, 1.54) is 10.9 Å². The van der Waals surface area contributed by atoms with Crippen molar-refractivity contribution in [2.24, 2.45) is 0 Å². The average Bonchev–Trinajstić information content (AvgIpc) is 2.79. The Morgan fingerprint density at radius 2 is 2.12 bits per heavy atom. The standard InChI is InChI=1S/C15H21NO/c1-4-7-13(16-3)14-10-12-9-6-8-11(5-2)15(12)17-14/h6,8-10,13,16H,4-5,7H2,1-3H3. The van der Waals surface area contributed by atoms with Gasteiger partial charge in [0.05, 0.1) is 6.04 Å². The van der Waals surface area contributed by atoms with Crippen molar-refractivity contribution in [3.63, 3.8) is 0 Å². The summed E-state index contributed by atoms with van der Waals surface area (Å²) < 4.78 is 6.03. The normalized spacial score (nSPS) is 13.1. The van der Waals surface area contributed by atoms with Gasteiger partial charge in [0.1, 0.15) is 11.3 Å². The molecule has 1 aromatic carbocycles. The SMILES string of the molecule is CCCC(NC)c1cc2cccc(CC)c2o1. The summed E-state index contributed by atoms with van der Waals surface area (Å²) in [4.78, 5) is 0. The number of aryl methyl sites for hydroxylation is 1. The zero-order valence-electron chi connectivity index (χ0n) is 10.9. The van der Waals surface area contributed by atoms with Crippen LogP contribution in [-0.2, 0) is 6.42 Å². The molecule has 0 aliphatic rings. The van der Waals surface area contributed by atoms with Gasteiger partial charge in [-0.05, 0) is 31.5 Å². The lowest BCUT2D eigenvalue weighted by Crippen LogP contribution is -2.15. The molecule has 0 bridgehead atoms. The van der Waals surface area contributed by atoms with Gasteiger partial charge in [-0.2, -0.15) is 0 Å². The van der Waals surface area contributed by atoms with Crippen LogP contribution < -0.4 is 5.32 Å². The highest BCUT2D eigenvalue weighted by molar-refractivity contribution is 5.81. The molecule has 0 fully saturated rings. The van der Waals surface area contributed by atoms with Crippen molar-refractivity contribution >= 4 is 11.0 Å². The van der Waals surface area contributed by atoms with Crippen LogP contribution in [0, 0.1) is 0 Å². The molecule has 1 unspecified atom stereocenters. The molecule has 1 aromatic heterocycles. The highest BCUT2D eigenvalue weighted by Gasteiger charge is 2.14. The van der Waals surface area contributed by atoms with Crippen LogP contribution >= 0.6 is 0 Å². The van der Waals surface area contributed by atoms with Crippen molar-refractivity contribution in [1.82, 2.24) is 5.32 Å². The van der Waals surface area contributed by atoms with E-state index in [0.717, 1.165) is 30.6 Å². The summed E-state index contributed by atoms with van der Waals surface area (Å²) in [6.45, 7) is 4.36. The van der Waals surface area contributed by atoms with Crippen LogP contribution in [0.3, 0.4) is 0 Å². The van der Waals surface area contributed by atoms with E-state index < -0.39 is 0 Å². The van der Waals surface area contributed by atoms with E-state index in [9.17, 15) is 0 Å². The fraction of sp³-hybridized carbons (Fsp3) is 0.467. The minimum Gasteiger partial charge on any atom is -0.459 e. The molecule has 2 heteroatoms. The minimum atomic E-state index is 0.331. The molecule has 0 saturated heterocycles. The van der Waals surface area contributed by atoms with Crippen molar-refractivity contribution in [3.05, 3.63) is 35.6 Å². The Balaban J connectivity index is 2.43. The average molecular weight is 231 g/mol. The van der Waals surface area contributed by atoms with Crippen LogP contribution in [0.2, 0.25) is 0 Å². The molecule has 0 amide bonds. The number of fused-ring (bicyclic) bond motifs is 1. The molecule has 2 rings (SSSR count). The van der Waals surface area contributed by atoms with Gasteiger partial charge in [-0.3, -0.25) is 0 Å². The molecule has 17 heavy (non-hydrogen) atoms. The molecule has 0 saturated carbocycles. The fourth-order valence-corrected chi connectivity index (χ4v) is 2.31. The smallest absolute Gasteiger partial charge is 0.137 e. The van der Waals surface area contributed by atoms with Gasteiger partial charge in [-0.25, -0.2) is 0 Å². The van der Waals surface area contributed by atoms with Crippen molar-refractivity contribution in [2.45, 2.75) is 39.2 Å². The van der Waals surface area contributed by atoms with Gasteiger partial charge in [0.2, 0.25) is 0 Å². The topological polar surface area (TPSA) is 25.2 Å². The molecule has 0 radical (unpaired) electrons. The van der Waals surface area contributed by atoms with Gasteiger partial charge < -0.3 is 9.73 Å². The largest absolute Gasteiger partial charge is 0.459 e. The summed E-state index contributed by atoms with van der Waals surface area (Å²) in [5.41, 5.74) is 2.35. The van der Waals surface area contributed by atoms with Crippen LogP contribution in [-0.4, -0.2) is 7.05 Å². The first kappa shape index (κ1) is 12.2. The second-order valence-corrected chi connectivity index (χ2v) is 4.47. The summed E-state index contributed by atoms with van der Waals surface area (Å²) in [6.07, 6.45) is 3.28. The lowest BCUT2D eigenvalue weighted by molar-refractivity contribution is 0.429. The molecular formula is C15H21NO. The van der Waals surface area contributed by atoms with Crippen LogP contribution in [0.15, 0.2) is 28.7 Å². The quantitative estimate of drug-likeness (QED) is 0.839. The number of hydrogen-bond acceptors (Lipinski definition) is 2. The van der Waals surface area contributed by atoms with Crippen molar-refractivity contribution < 1.29 is 4.42 Å². The van der Waals surface area contributed by atoms with Gasteiger partial charge in [-0.1, -0.05) is 38.5 Å². The second-order valence-electron chi connectivity index (χ2n) is 4.47. The lowest BCUT2D eigenvalue weighted by atomic mass is 10.1. The molecule has 0 spiro atoms.